The van der Waals surface area contributed by atoms with Crippen molar-refractivity contribution in [2.24, 2.45) is 4.99 Å². The number of anilines is 1. The number of nitrogens with zero attached hydrogens (tertiary/aromatic N) is 2. The zero-order valence-electron chi connectivity index (χ0n) is 20.1. The van der Waals surface area contributed by atoms with Crippen LogP contribution >= 0.6 is 7.60 Å². The van der Waals surface area contributed by atoms with Crippen LogP contribution in [0.15, 0.2) is 59.6 Å². The molecule has 0 radical (unpaired) electrons. The van der Waals surface area contributed by atoms with Crippen molar-refractivity contribution >= 4 is 31.2 Å². The Morgan fingerprint density at radius 1 is 1.09 bits per heavy atom. The highest BCUT2D eigenvalue weighted by Crippen LogP contribution is 2.48. The first-order valence-corrected chi connectivity index (χ1v) is 13.2. The van der Waals surface area contributed by atoms with Crippen molar-refractivity contribution in [1.29, 1.82) is 0 Å². The molecule has 1 atom stereocenters. The molecule has 0 aromatic heterocycles. The molecule has 35 heavy (non-hydrogen) atoms. The highest BCUT2D eigenvalue weighted by Gasteiger charge is 2.39. The molecule has 1 fully saturated rings. The number of hydrogen-bond donors (Lipinski definition) is 2. The summed E-state index contributed by atoms with van der Waals surface area (Å²) in [7, 11) is -3.36. The van der Waals surface area contributed by atoms with E-state index >= 15 is 0 Å². The lowest BCUT2D eigenvalue weighted by Gasteiger charge is -2.20. The van der Waals surface area contributed by atoms with E-state index in [0.29, 0.717) is 5.69 Å². The minimum Gasteiger partial charge on any atom is -0.326 e. The van der Waals surface area contributed by atoms with E-state index in [4.69, 9.17) is 13.9 Å². The Morgan fingerprint density at radius 3 is 2.37 bits per heavy atom. The first-order chi connectivity index (χ1) is 16.8. The third-order valence-electron chi connectivity index (χ3n) is 5.07. The van der Waals surface area contributed by atoms with Gasteiger partial charge in [0.05, 0.1) is 25.4 Å². The quantitative estimate of drug-likeness (QED) is 0.413. The summed E-state index contributed by atoms with van der Waals surface area (Å²) in [4.78, 5) is 35.2. The normalized spacial score (nSPS) is 17.0. The van der Waals surface area contributed by atoms with Crippen LogP contribution in [0.4, 0.5) is 15.3 Å². The van der Waals surface area contributed by atoms with Gasteiger partial charge in [-0.15, -0.1) is 0 Å². The summed E-state index contributed by atoms with van der Waals surface area (Å²) < 4.78 is 23.6. The van der Waals surface area contributed by atoms with E-state index in [-0.39, 0.29) is 38.2 Å². The second kappa shape index (κ2) is 12.6. The van der Waals surface area contributed by atoms with Gasteiger partial charge in [0.2, 0.25) is 0 Å². The van der Waals surface area contributed by atoms with Crippen LogP contribution < -0.4 is 10.6 Å². The molecule has 11 heteroatoms. The van der Waals surface area contributed by atoms with Gasteiger partial charge in [-0.1, -0.05) is 48.0 Å². The number of amidine groups is 1. The molecule has 1 aliphatic heterocycles. The zero-order valence-corrected chi connectivity index (χ0v) is 21.0. The topological polar surface area (TPSA) is 119 Å². The van der Waals surface area contributed by atoms with E-state index < -0.39 is 25.7 Å². The number of hydrogen-bond acceptors (Lipinski definition) is 6. The highest BCUT2D eigenvalue weighted by molar-refractivity contribution is 7.53. The predicted molar refractivity (Wildman–Crippen MR) is 133 cm³/mol. The summed E-state index contributed by atoms with van der Waals surface area (Å²) in [5.41, 5.74) is 2.50. The van der Waals surface area contributed by atoms with E-state index in [1.54, 1.807) is 38.1 Å². The molecule has 1 saturated heterocycles. The van der Waals surface area contributed by atoms with Crippen LogP contribution in [0.5, 0.6) is 0 Å². The van der Waals surface area contributed by atoms with Crippen molar-refractivity contribution in [2.45, 2.75) is 39.8 Å². The van der Waals surface area contributed by atoms with Crippen LogP contribution in [0.25, 0.3) is 0 Å². The second-order valence-corrected chi connectivity index (χ2v) is 9.97. The van der Waals surface area contributed by atoms with Gasteiger partial charge in [-0.05, 0) is 44.9 Å². The fourth-order valence-electron chi connectivity index (χ4n) is 3.41. The van der Waals surface area contributed by atoms with Crippen LogP contribution in [0, 0.1) is 6.92 Å². The number of carbonyl (C=O) groups is 2. The molecule has 3 rings (SSSR count). The van der Waals surface area contributed by atoms with Gasteiger partial charge in [0.25, 0.3) is 0 Å². The SMILES string of the molecule is CCOP(=O)(CCC1NC(=O)N(OCc2ccc(C)cc2)C1=NC(=O)Nc1ccccc1)OCC. The summed E-state index contributed by atoms with van der Waals surface area (Å²) >= 11 is 0. The Bertz CT molecular complexity index is 1070. The largest absolute Gasteiger partial charge is 0.348 e. The lowest BCUT2D eigenvalue weighted by molar-refractivity contribution is -0.0677. The Hall–Kier alpha value is -3.04. The second-order valence-electron chi connectivity index (χ2n) is 7.78. The van der Waals surface area contributed by atoms with E-state index in [9.17, 15) is 14.2 Å². The van der Waals surface area contributed by atoms with E-state index in [0.717, 1.165) is 16.2 Å². The molecule has 1 unspecified atom stereocenters. The molecular formula is C24H31N4O6P. The van der Waals surface area contributed by atoms with Gasteiger partial charge in [-0.3, -0.25) is 9.40 Å². The van der Waals surface area contributed by atoms with E-state index in [2.05, 4.69) is 15.6 Å². The number of nitrogens with one attached hydrogen (secondary N) is 2. The highest BCUT2D eigenvalue weighted by atomic mass is 31.2. The molecule has 2 aromatic rings. The van der Waals surface area contributed by atoms with Gasteiger partial charge >= 0.3 is 19.7 Å². The lowest BCUT2D eigenvalue weighted by atomic mass is 10.2. The molecule has 0 bridgehead atoms. The van der Waals surface area contributed by atoms with Crippen molar-refractivity contribution in [2.75, 3.05) is 24.7 Å². The van der Waals surface area contributed by atoms with Crippen molar-refractivity contribution in [3.63, 3.8) is 0 Å². The monoisotopic (exact) mass is 502 g/mol. The number of para-hydroxylation sites is 1. The smallest absolute Gasteiger partial charge is 0.326 e. The van der Waals surface area contributed by atoms with Crippen molar-refractivity contribution in [3.8, 4) is 0 Å². The molecule has 0 spiro atoms. The minimum absolute atomic E-state index is 0.0325. The predicted octanol–water partition coefficient (Wildman–Crippen LogP) is 5.11. The zero-order chi connectivity index (χ0) is 25.3. The van der Waals surface area contributed by atoms with Gasteiger partial charge in [0.15, 0.2) is 5.84 Å². The summed E-state index contributed by atoms with van der Waals surface area (Å²) in [6.45, 7) is 5.97. The number of aryl methyl sites for hydroxylation is 1. The molecule has 10 nitrogen and oxygen atoms in total. The van der Waals surface area contributed by atoms with Crippen LogP contribution in [0.1, 0.15) is 31.4 Å². The summed E-state index contributed by atoms with van der Waals surface area (Å²) in [6.07, 6.45) is 0.204. The van der Waals surface area contributed by atoms with Gasteiger partial charge in [-0.2, -0.15) is 10.1 Å². The fraction of sp³-hybridized carbons (Fsp3) is 0.375. The number of aliphatic imine (C=N–C) groups is 1. The summed E-state index contributed by atoms with van der Waals surface area (Å²) in [5.74, 6) is 0.0649. The van der Waals surface area contributed by atoms with Gasteiger partial charge in [0.1, 0.15) is 6.61 Å². The molecular weight excluding hydrogens is 471 g/mol. The number of rotatable bonds is 11. The van der Waals surface area contributed by atoms with Gasteiger partial charge < -0.3 is 19.7 Å². The Labute approximate surface area is 205 Å². The fourth-order valence-corrected chi connectivity index (χ4v) is 5.11. The van der Waals surface area contributed by atoms with Crippen LogP contribution in [-0.2, 0) is 25.1 Å². The van der Waals surface area contributed by atoms with E-state index in [1.165, 1.54) is 0 Å². The average molecular weight is 503 g/mol. The molecule has 4 amide bonds. The number of urea groups is 2. The minimum atomic E-state index is -3.36. The van der Waals surface area contributed by atoms with Crippen molar-refractivity contribution in [3.05, 3.63) is 65.7 Å². The molecule has 0 aliphatic carbocycles. The third kappa shape index (κ3) is 7.73. The lowest BCUT2D eigenvalue weighted by Crippen LogP contribution is -2.34. The maximum absolute atomic E-state index is 12.9. The summed E-state index contributed by atoms with van der Waals surface area (Å²) in [6, 6.07) is 14.5. The first-order valence-electron chi connectivity index (χ1n) is 11.5. The third-order valence-corrected chi connectivity index (χ3v) is 7.18. The number of amides is 4. The van der Waals surface area contributed by atoms with Gasteiger partial charge in [0, 0.05) is 5.69 Å². The maximum atomic E-state index is 12.9. The van der Waals surface area contributed by atoms with E-state index in [1.807, 2.05) is 37.3 Å². The Morgan fingerprint density at radius 2 is 1.74 bits per heavy atom. The molecule has 188 valence electrons. The number of hydroxylamine groups is 2. The van der Waals surface area contributed by atoms with Crippen LogP contribution in [-0.4, -0.2) is 48.4 Å². The molecule has 2 aromatic carbocycles. The average Bonchev–Trinajstić information content (AvgIpc) is 3.12. The molecule has 1 heterocycles. The Balaban J connectivity index is 1.79. The number of benzene rings is 2. The van der Waals surface area contributed by atoms with Gasteiger partial charge in [-0.25, -0.2) is 9.59 Å². The van der Waals surface area contributed by atoms with Crippen LogP contribution in [0.3, 0.4) is 0 Å². The van der Waals surface area contributed by atoms with Crippen LogP contribution in [0.2, 0.25) is 0 Å². The molecule has 1 aliphatic rings. The standard InChI is InChI=1S/C24H31N4O6P/c1-4-33-35(31,34-5-2)16-15-21-22(27-23(29)25-20-9-7-6-8-10-20)28(24(30)26-21)32-17-19-13-11-18(3)12-14-19/h6-14,21H,4-5,15-17H2,1-3H3,(H,25,29)(H,26,30). The molecule has 2 N–H and O–H groups in total. The van der Waals surface area contributed by atoms with Crippen molar-refractivity contribution in [1.82, 2.24) is 10.4 Å². The summed E-state index contributed by atoms with van der Waals surface area (Å²) in [5, 5.41) is 6.38. The maximum Gasteiger partial charge on any atom is 0.348 e. The first kappa shape index (κ1) is 26.6. The van der Waals surface area contributed by atoms with Crippen molar-refractivity contribution < 1.29 is 28.0 Å². The Kier molecular flexibility index (Phi) is 9.56. The number of carbonyl (C=O) groups excluding carboxylic acids is 2. The molecule has 0 saturated carbocycles.